The van der Waals surface area contributed by atoms with Gasteiger partial charge in [-0.25, -0.2) is 0 Å². The van der Waals surface area contributed by atoms with E-state index in [1.165, 1.54) is 0 Å². The number of nitrogens with zero attached hydrogens (tertiary/aromatic N) is 1. The van der Waals surface area contributed by atoms with Crippen LogP contribution < -0.4 is 14.8 Å². The van der Waals surface area contributed by atoms with Crippen LogP contribution in [-0.2, 0) is 11.2 Å². The summed E-state index contributed by atoms with van der Waals surface area (Å²) in [6, 6.07) is 3.80. The average molecular weight is 385 g/mol. The van der Waals surface area contributed by atoms with Gasteiger partial charge in [-0.1, -0.05) is 15.9 Å². The third kappa shape index (κ3) is 5.11. The number of rotatable bonds is 6. The van der Waals surface area contributed by atoms with Crippen molar-refractivity contribution in [3.8, 4) is 11.5 Å². The Morgan fingerprint density at radius 1 is 1.17 bits per heavy atom. The SMILES string of the molecule is CCOc1cc(Br)c(CC(=O)N2CCCNCC2)cc1OCC. The van der Waals surface area contributed by atoms with E-state index in [-0.39, 0.29) is 5.91 Å². The van der Waals surface area contributed by atoms with Crippen LogP contribution in [0.25, 0.3) is 0 Å². The Kier molecular flexibility index (Phi) is 7.17. The highest BCUT2D eigenvalue weighted by Crippen LogP contribution is 2.34. The van der Waals surface area contributed by atoms with Gasteiger partial charge in [0.1, 0.15) is 0 Å². The predicted octanol–water partition coefficient (Wildman–Crippen LogP) is 2.61. The largest absolute Gasteiger partial charge is 0.490 e. The Hall–Kier alpha value is -1.27. The molecule has 0 aromatic heterocycles. The smallest absolute Gasteiger partial charge is 0.227 e. The molecule has 1 aliphatic rings. The Labute approximate surface area is 146 Å². The molecule has 1 amide bonds. The lowest BCUT2D eigenvalue weighted by Crippen LogP contribution is -2.35. The standard InChI is InChI=1S/C17H25BrN2O3/c1-3-22-15-10-13(14(18)12-16(15)23-4-2)11-17(21)20-8-5-6-19-7-9-20/h10,12,19H,3-9,11H2,1-2H3. The van der Waals surface area contributed by atoms with Crippen LogP contribution in [0.3, 0.4) is 0 Å². The molecule has 0 spiro atoms. The number of hydrogen-bond donors (Lipinski definition) is 1. The van der Waals surface area contributed by atoms with Crippen LogP contribution in [0.4, 0.5) is 0 Å². The molecule has 0 saturated carbocycles. The summed E-state index contributed by atoms with van der Waals surface area (Å²) in [5.41, 5.74) is 0.930. The Bertz CT molecular complexity index is 529. The molecule has 23 heavy (non-hydrogen) atoms. The Morgan fingerprint density at radius 3 is 2.57 bits per heavy atom. The minimum Gasteiger partial charge on any atom is -0.490 e. The number of carbonyl (C=O) groups is 1. The number of hydrogen-bond acceptors (Lipinski definition) is 4. The average Bonchev–Trinajstić information content (AvgIpc) is 2.81. The van der Waals surface area contributed by atoms with Crippen molar-refractivity contribution in [2.45, 2.75) is 26.7 Å². The van der Waals surface area contributed by atoms with Gasteiger partial charge in [0.05, 0.1) is 19.6 Å². The first kappa shape index (κ1) is 18.1. The summed E-state index contributed by atoms with van der Waals surface area (Å²) in [4.78, 5) is 14.5. The van der Waals surface area contributed by atoms with Crippen molar-refractivity contribution in [2.75, 3.05) is 39.4 Å². The minimum atomic E-state index is 0.154. The normalized spacial score (nSPS) is 15.2. The van der Waals surface area contributed by atoms with E-state index in [9.17, 15) is 4.79 Å². The van der Waals surface area contributed by atoms with E-state index in [0.717, 1.165) is 42.6 Å². The highest BCUT2D eigenvalue weighted by atomic mass is 79.9. The van der Waals surface area contributed by atoms with Crippen molar-refractivity contribution in [1.29, 1.82) is 0 Å². The second kappa shape index (κ2) is 9.13. The molecule has 0 bridgehead atoms. The Balaban J connectivity index is 2.14. The van der Waals surface area contributed by atoms with E-state index in [1.54, 1.807) is 0 Å². The molecule has 1 aromatic carbocycles. The number of halogens is 1. The molecule has 0 radical (unpaired) electrons. The molecule has 5 nitrogen and oxygen atoms in total. The first-order valence-electron chi connectivity index (χ1n) is 8.22. The molecule has 128 valence electrons. The second-order valence-corrected chi connectivity index (χ2v) is 6.27. The van der Waals surface area contributed by atoms with Crippen molar-refractivity contribution in [3.63, 3.8) is 0 Å². The van der Waals surface area contributed by atoms with Crippen LogP contribution in [0, 0.1) is 0 Å². The van der Waals surface area contributed by atoms with Gasteiger partial charge >= 0.3 is 0 Å². The summed E-state index contributed by atoms with van der Waals surface area (Å²) >= 11 is 3.55. The summed E-state index contributed by atoms with van der Waals surface area (Å²) in [5.74, 6) is 1.55. The van der Waals surface area contributed by atoms with E-state index < -0.39 is 0 Å². The molecule has 2 rings (SSSR count). The van der Waals surface area contributed by atoms with Gasteiger partial charge in [-0.15, -0.1) is 0 Å². The maximum atomic E-state index is 12.6. The zero-order valence-corrected chi connectivity index (χ0v) is 15.4. The third-order valence-electron chi connectivity index (χ3n) is 3.75. The van der Waals surface area contributed by atoms with Crippen molar-refractivity contribution in [2.24, 2.45) is 0 Å². The molecule has 6 heteroatoms. The summed E-state index contributed by atoms with van der Waals surface area (Å²) in [6.07, 6.45) is 1.37. The highest BCUT2D eigenvalue weighted by molar-refractivity contribution is 9.10. The fraction of sp³-hybridized carbons (Fsp3) is 0.588. The second-order valence-electron chi connectivity index (χ2n) is 5.42. The first-order valence-corrected chi connectivity index (χ1v) is 9.01. The fourth-order valence-corrected chi connectivity index (χ4v) is 3.08. The molecule has 1 N–H and O–H groups in total. The summed E-state index contributed by atoms with van der Waals surface area (Å²) in [6.45, 7) is 8.44. The predicted molar refractivity (Wildman–Crippen MR) is 94.3 cm³/mol. The highest BCUT2D eigenvalue weighted by Gasteiger charge is 2.18. The quantitative estimate of drug-likeness (QED) is 0.818. The zero-order chi connectivity index (χ0) is 16.7. The maximum absolute atomic E-state index is 12.6. The summed E-state index contributed by atoms with van der Waals surface area (Å²) in [5, 5.41) is 3.32. The monoisotopic (exact) mass is 384 g/mol. The zero-order valence-electron chi connectivity index (χ0n) is 13.9. The number of amides is 1. The first-order chi connectivity index (χ1) is 11.2. The van der Waals surface area contributed by atoms with Crippen molar-refractivity contribution < 1.29 is 14.3 Å². The molecule has 1 aromatic rings. The van der Waals surface area contributed by atoms with E-state index in [2.05, 4.69) is 21.2 Å². The molecule has 0 aliphatic carbocycles. The molecular formula is C17H25BrN2O3. The Morgan fingerprint density at radius 2 is 1.87 bits per heavy atom. The number of carbonyl (C=O) groups excluding carboxylic acids is 1. The van der Waals surface area contributed by atoms with Crippen LogP contribution in [0.2, 0.25) is 0 Å². The van der Waals surface area contributed by atoms with Crippen molar-refractivity contribution in [3.05, 3.63) is 22.2 Å². The van der Waals surface area contributed by atoms with Crippen molar-refractivity contribution >= 4 is 21.8 Å². The van der Waals surface area contributed by atoms with Crippen molar-refractivity contribution in [1.82, 2.24) is 10.2 Å². The number of benzene rings is 1. The van der Waals surface area contributed by atoms with Gasteiger partial charge in [-0.3, -0.25) is 4.79 Å². The number of nitrogens with one attached hydrogen (secondary N) is 1. The topological polar surface area (TPSA) is 50.8 Å². The van der Waals surface area contributed by atoms with Gasteiger partial charge in [-0.2, -0.15) is 0 Å². The summed E-state index contributed by atoms with van der Waals surface area (Å²) in [7, 11) is 0. The van der Waals surface area contributed by atoms with Crippen LogP contribution >= 0.6 is 15.9 Å². The van der Waals surface area contributed by atoms with Crippen LogP contribution in [0.1, 0.15) is 25.8 Å². The van der Waals surface area contributed by atoms with Gasteiger partial charge < -0.3 is 19.7 Å². The van der Waals surface area contributed by atoms with E-state index in [0.29, 0.717) is 31.1 Å². The van der Waals surface area contributed by atoms with Gasteiger partial charge in [0.25, 0.3) is 0 Å². The maximum Gasteiger partial charge on any atom is 0.227 e. The molecule has 1 fully saturated rings. The van der Waals surface area contributed by atoms with Crippen LogP contribution in [-0.4, -0.2) is 50.2 Å². The van der Waals surface area contributed by atoms with E-state index >= 15 is 0 Å². The molecule has 1 aliphatic heterocycles. The fourth-order valence-electron chi connectivity index (χ4n) is 2.62. The lowest BCUT2D eigenvalue weighted by atomic mass is 10.1. The van der Waals surface area contributed by atoms with Gasteiger partial charge in [0.2, 0.25) is 5.91 Å². The van der Waals surface area contributed by atoms with Crippen LogP contribution in [0.15, 0.2) is 16.6 Å². The molecule has 1 heterocycles. The number of ether oxygens (including phenoxy) is 2. The minimum absolute atomic E-state index is 0.154. The molecular weight excluding hydrogens is 360 g/mol. The van der Waals surface area contributed by atoms with Gasteiger partial charge in [-0.05, 0) is 44.5 Å². The molecule has 0 atom stereocenters. The van der Waals surface area contributed by atoms with Gasteiger partial charge in [0.15, 0.2) is 11.5 Å². The van der Waals surface area contributed by atoms with Crippen LogP contribution in [0.5, 0.6) is 11.5 Å². The lowest BCUT2D eigenvalue weighted by Gasteiger charge is -2.21. The third-order valence-corrected chi connectivity index (χ3v) is 4.49. The lowest BCUT2D eigenvalue weighted by molar-refractivity contribution is -0.130. The molecule has 1 saturated heterocycles. The van der Waals surface area contributed by atoms with Gasteiger partial charge in [0, 0.05) is 24.1 Å². The van der Waals surface area contributed by atoms with E-state index in [1.807, 2.05) is 30.9 Å². The van der Waals surface area contributed by atoms with E-state index in [4.69, 9.17) is 9.47 Å². The summed E-state index contributed by atoms with van der Waals surface area (Å²) < 4.78 is 12.1. The molecule has 0 unspecified atom stereocenters.